The molecule has 134 valence electrons. The van der Waals surface area contributed by atoms with Gasteiger partial charge in [0.25, 0.3) is 5.79 Å². The summed E-state index contributed by atoms with van der Waals surface area (Å²) in [4.78, 5) is 27.0. The maximum absolute atomic E-state index is 12.3. The summed E-state index contributed by atoms with van der Waals surface area (Å²) in [6.45, 7) is 9.34. The SMILES string of the molecule is CC(C)(C)C1(C)OC(=O)C(=Cc2ccc(N3CCCC3)cc2)C(=O)O1. The van der Waals surface area contributed by atoms with Crippen LogP contribution in [0.5, 0.6) is 0 Å². The van der Waals surface area contributed by atoms with Crippen molar-refractivity contribution in [3.8, 4) is 0 Å². The minimum Gasteiger partial charge on any atom is -0.418 e. The summed E-state index contributed by atoms with van der Waals surface area (Å²) in [6, 6.07) is 7.82. The van der Waals surface area contributed by atoms with E-state index in [2.05, 4.69) is 4.90 Å². The fraction of sp³-hybridized carbons (Fsp3) is 0.500. The van der Waals surface area contributed by atoms with Crippen LogP contribution in [0.1, 0.15) is 46.1 Å². The highest BCUT2D eigenvalue weighted by Gasteiger charge is 2.50. The lowest BCUT2D eigenvalue weighted by atomic mass is 9.85. The van der Waals surface area contributed by atoms with Gasteiger partial charge in [0.1, 0.15) is 5.57 Å². The highest BCUT2D eigenvalue weighted by Crippen LogP contribution is 2.39. The molecule has 0 saturated carbocycles. The van der Waals surface area contributed by atoms with Crippen molar-refractivity contribution in [2.75, 3.05) is 18.0 Å². The molecule has 1 aromatic carbocycles. The number of hydrogen-bond acceptors (Lipinski definition) is 5. The predicted molar refractivity (Wildman–Crippen MR) is 95.9 cm³/mol. The number of carbonyl (C=O) groups is 2. The minimum atomic E-state index is -1.27. The normalized spacial score (nSPS) is 24.2. The molecular formula is C20H25NO4. The van der Waals surface area contributed by atoms with E-state index in [0.29, 0.717) is 0 Å². The van der Waals surface area contributed by atoms with Crippen LogP contribution in [-0.2, 0) is 19.1 Å². The van der Waals surface area contributed by atoms with Crippen molar-refractivity contribution in [3.63, 3.8) is 0 Å². The number of nitrogens with zero attached hydrogens (tertiary/aromatic N) is 1. The molecule has 0 N–H and O–H groups in total. The third-order valence-electron chi connectivity index (χ3n) is 5.05. The Kier molecular flexibility index (Phi) is 4.35. The van der Waals surface area contributed by atoms with E-state index in [0.717, 1.165) is 24.3 Å². The Morgan fingerprint density at radius 1 is 1.00 bits per heavy atom. The molecular weight excluding hydrogens is 318 g/mol. The zero-order valence-corrected chi connectivity index (χ0v) is 15.3. The molecule has 0 radical (unpaired) electrons. The number of carbonyl (C=O) groups excluding carboxylic acids is 2. The zero-order valence-electron chi connectivity index (χ0n) is 15.3. The summed E-state index contributed by atoms with van der Waals surface area (Å²) in [5.41, 5.74) is 1.34. The van der Waals surface area contributed by atoms with Crippen LogP contribution in [0.4, 0.5) is 5.69 Å². The van der Waals surface area contributed by atoms with Gasteiger partial charge in [-0.15, -0.1) is 0 Å². The Morgan fingerprint density at radius 3 is 2.00 bits per heavy atom. The molecule has 2 aliphatic heterocycles. The second-order valence-electron chi connectivity index (χ2n) is 7.82. The van der Waals surface area contributed by atoms with Gasteiger partial charge in [-0.1, -0.05) is 32.9 Å². The predicted octanol–water partition coefficient (Wildman–Crippen LogP) is 3.53. The van der Waals surface area contributed by atoms with Crippen LogP contribution in [0.3, 0.4) is 0 Å². The molecule has 1 aromatic rings. The zero-order chi connectivity index (χ0) is 18.2. The van der Waals surface area contributed by atoms with Gasteiger partial charge in [0.2, 0.25) is 0 Å². The molecule has 5 heteroatoms. The lowest BCUT2D eigenvalue weighted by Gasteiger charge is -2.42. The van der Waals surface area contributed by atoms with E-state index in [-0.39, 0.29) is 5.57 Å². The third-order valence-corrected chi connectivity index (χ3v) is 5.05. The number of hydrogen-bond donors (Lipinski definition) is 0. The van der Waals surface area contributed by atoms with Gasteiger partial charge in [-0.2, -0.15) is 0 Å². The molecule has 0 atom stereocenters. The Bertz CT molecular complexity index is 686. The van der Waals surface area contributed by atoms with Crippen molar-refractivity contribution in [1.29, 1.82) is 0 Å². The number of esters is 2. The summed E-state index contributed by atoms with van der Waals surface area (Å²) in [5.74, 6) is -2.55. The van der Waals surface area contributed by atoms with Crippen molar-refractivity contribution in [2.45, 2.75) is 46.3 Å². The minimum absolute atomic E-state index is 0.0735. The monoisotopic (exact) mass is 343 g/mol. The second-order valence-corrected chi connectivity index (χ2v) is 7.82. The van der Waals surface area contributed by atoms with Crippen molar-refractivity contribution < 1.29 is 19.1 Å². The first-order valence-corrected chi connectivity index (χ1v) is 8.73. The highest BCUT2D eigenvalue weighted by atomic mass is 16.7. The molecule has 0 spiro atoms. The second kappa shape index (κ2) is 6.21. The van der Waals surface area contributed by atoms with Gasteiger partial charge >= 0.3 is 11.9 Å². The van der Waals surface area contributed by atoms with Gasteiger partial charge in [-0.25, -0.2) is 9.59 Å². The van der Waals surface area contributed by atoms with Crippen molar-refractivity contribution in [3.05, 3.63) is 35.4 Å². The molecule has 25 heavy (non-hydrogen) atoms. The standard InChI is InChI=1S/C20H25NO4/c1-19(2,3)20(4)24-17(22)16(18(23)25-20)13-14-7-9-15(10-8-14)21-11-5-6-12-21/h7-10,13H,5-6,11-12H2,1-4H3. The van der Waals surface area contributed by atoms with Crippen LogP contribution in [0.2, 0.25) is 0 Å². The maximum atomic E-state index is 12.3. The lowest BCUT2D eigenvalue weighted by molar-refractivity contribution is -0.261. The molecule has 2 saturated heterocycles. The summed E-state index contributed by atoms with van der Waals surface area (Å²) >= 11 is 0. The van der Waals surface area contributed by atoms with Gasteiger partial charge < -0.3 is 14.4 Å². The van der Waals surface area contributed by atoms with E-state index < -0.39 is 23.1 Å². The van der Waals surface area contributed by atoms with Gasteiger partial charge in [-0.3, -0.25) is 0 Å². The first-order valence-electron chi connectivity index (χ1n) is 8.73. The molecule has 3 rings (SSSR count). The van der Waals surface area contributed by atoms with Crippen molar-refractivity contribution in [1.82, 2.24) is 0 Å². The molecule has 0 amide bonds. The maximum Gasteiger partial charge on any atom is 0.348 e. The Hall–Kier alpha value is -2.30. The summed E-state index contributed by atoms with van der Waals surface area (Å²) < 4.78 is 10.9. The topological polar surface area (TPSA) is 55.8 Å². The summed E-state index contributed by atoms with van der Waals surface area (Å²) in [6.07, 6.45) is 3.97. The number of benzene rings is 1. The molecule has 0 bridgehead atoms. The highest BCUT2D eigenvalue weighted by molar-refractivity contribution is 6.18. The fourth-order valence-electron chi connectivity index (χ4n) is 2.92. The van der Waals surface area contributed by atoms with Crippen LogP contribution < -0.4 is 4.90 Å². The third kappa shape index (κ3) is 3.41. The molecule has 0 aromatic heterocycles. The summed E-state index contributed by atoms with van der Waals surface area (Å²) in [7, 11) is 0. The van der Waals surface area contributed by atoms with E-state index in [1.165, 1.54) is 18.9 Å². The number of cyclic esters (lactones) is 2. The van der Waals surface area contributed by atoms with Crippen LogP contribution in [0.25, 0.3) is 6.08 Å². The van der Waals surface area contributed by atoms with Gasteiger partial charge in [-0.05, 0) is 36.6 Å². The van der Waals surface area contributed by atoms with Crippen molar-refractivity contribution in [2.24, 2.45) is 5.41 Å². The fourth-order valence-corrected chi connectivity index (χ4v) is 2.92. The largest absolute Gasteiger partial charge is 0.418 e. The molecule has 5 nitrogen and oxygen atoms in total. The average molecular weight is 343 g/mol. The molecule has 0 aliphatic carbocycles. The number of ether oxygens (including phenoxy) is 2. The van der Waals surface area contributed by atoms with E-state index in [1.54, 1.807) is 6.92 Å². The average Bonchev–Trinajstić information content (AvgIpc) is 3.05. The van der Waals surface area contributed by atoms with E-state index in [1.807, 2.05) is 45.0 Å². The van der Waals surface area contributed by atoms with Crippen LogP contribution in [-0.4, -0.2) is 30.8 Å². The quantitative estimate of drug-likeness (QED) is 0.467. The van der Waals surface area contributed by atoms with E-state index >= 15 is 0 Å². The van der Waals surface area contributed by atoms with Gasteiger partial charge in [0.05, 0.1) is 0 Å². The molecule has 2 heterocycles. The Morgan fingerprint density at radius 2 is 1.52 bits per heavy atom. The van der Waals surface area contributed by atoms with E-state index in [9.17, 15) is 9.59 Å². The van der Waals surface area contributed by atoms with Gasteiger partial charge in [0.15, 0.2) is 0 Å². The first kappa shape index (κ1) is 17.5. The summed E-state index contributed by atoms with van der Waals surface area (Å²) in [5, 5.41) is 0. The lowest BCUT2D eigenvalue weighted by Crippen LogP contribution is -2.52. The van der Waals surface area contributed by atoms with Crippen LogP contribution in [0.15, 0.2) is 29.8 Å². The Balaban J connectivity index is 1.79. The van der Waals surface area contributed by atoms with Crippen LogP contribution in [0, 0.1) is 5.41 Å². The smallest absolute Gasteiger partial charge is 0.348 e. The first-order chi connectivity index (χ1) is 11.7. The Labute approximate surface area is 148 Å². The number of anilines is 1. The molecule has 2 aliphatic rings. The molecule has 0 unspecified atom stereocenters. The number of rotatable bonds is 2. The van der Waals surface area contributed by atoms with Crippen LogP contribution >= 0.6 is 0 Å². The van der Waals surface area contributed by atoms with E-state index in [4.69, 9.17) is 9.47 Å². The molecule has 2 fully saturated rings. The van der Waals surface area contributed by atoms with Crippen molar-refractivity contribution >= 4 is 23.7 Å². The van der Waals surface area contributed by atoms with Gasteiger partial charge in [0, 0.05) is 31.1 Å².